The molecule has 1 aromatic carbocycles. The van der Waals surface area contributed by atoms with Crippen molar-refractivity contribution in [2.45, 2.75) is 137 Å². The first-order valence-corrected chi connectivity index (χ1v) is 18.9. The van der Waals surface area contributed by atoms with E-state index in [1.807, 2.05) is 0 Å². The van der Waals surface area contributed by atoms with Gasteiger partial charge in [-0.15, -0.1) is 0 Å². The molecule has 0 unspecified atom stereocenters. The van der Waals surface area contributed by atoms with E-state index < -0.39 is 119 Å². The van der Waals surface area contributed by atoms with Crippen LogP contribution in [0.15, 0.2) is 54.6 Å². The zero-order valence-electron chi connectivity index (χ0n) is 34.5. The lowest BCUT2D eigenvalue weighted by atomic mass is 9.71. The van der Waals surface area contributed by atoms with Crippen LogP contribution in [0.1, 0.15) is 99.4 Å². The Kier molecular flexibility index (Phi) is 15.0. The highest BCUT2D eigenvalue weighted by molar-refractivity contribution is 5.89. The summed E-state index contributed by atoms with van der Waals surface area (Å²) in [5.41, 5.74) is -5.76. The molecule has 0 spiro atoms. The van der Waals surface area contributed by atoms with Crippen molar-refractivity contribution in [1.29, 1.82) is 0 Å². The molecule has 1 saturated carbocycles. The molecule has 10 atom stereocenters. The van der Waals surface area contributed by atoms with Gasteiger partial charge in [-0.05, 0) is 19.1 Å². The monoisotopic (exact) mass is 800 g/mol. The minimum atomic E-state index is -2.41. The fourth-order valence-corrected chi connectivity index (χ4v) is 7.63. The van der Waals surface area contributed by atoms with Gasteiger partial charge < -0.3 is 38.3 Å². The van der Waals surface area contributed by atoms with E-state index in [2.05, 4.69) is 6.58 Å². The number of hydrogen-bond acceptors (Lipinski definition) is 15. The van der Waals surface area contributed by atoms with Crippen molar-refractivity contribution in [2.75, 3.05) is 0 Å². The minimum Gasteiger partial charge on any atom is -0.458 e. The Morgan fingerprint density at radius 1 is 0.772 bits per heavy atom. The van der Waals surface area contributed by atoms with E-state index in [-0.39, 0.29) is 17.6 Å². The van der Waals surface area contributed by atoms with E-state index in [4.69, 9.17) is 33.2 Å². The largest absolute Gasteiger partial charge is 0.458 e. The second kappa shape index (κ2) is 18.5. The molecule has 0 amide bonds. The molecule has 0 heterocycles. The van der Waals surface area contributed by atoms with Gasteiger partial charge in [0.2, 0.25) is 0 Å². The molecule has 1 N–H and O–H groups in total. The summed E-state index contributed by atoms with van der Waals surface area (Å²) in [4.78, 5) is 92.3. The normalized spacial score (nSPS) is 31.0. The van der Waals surface area contributed by atoms with Crippen LogP contribution in [-0.4, -0.2) is 94.7 Å². The number of hydrogen-bond donors (Lipinski definition) is 1. The molecular formula is C42H56O15. The van der Waals surface area contributed by atoms with Crippen LogP contribution in [0, 0.1) is 23.2 Å². The molecule has 314 valence electrons. The average Bonchev–Trinajstić information content (AvgIpc) is 3.32. The molecule has 1 fully saturated rings. The Morgan fingerprint density at radius 3 is 1.84 bits per heavy atom. The fourth-order valence-electron chi connectivity index (χ4n) is 7.63. The minimum absolute atomic E-state index is 0.121. The zero-order valence-corrected chi connectivity index (χ0v) is 34.5. The van der Waals surface area contributed by atoms with Crippen molar-refractivity contribution in [1.82, 2.24) is 0 Å². The maximum Gasteiger partial charge on any atom is 0.338 e. The number of esters is 7. The first kappa shape index (κ1) is 46.3. The second-order valence-corrected chi connectivity index (χ2v) is 15.8. The van der Waals surface area contributed by atoms with Crippen molar-refractivity contribution >= 4 is 41.8 Å². The van der Waals surface area contributed by atoms with Gasteiger partial charge in [0.15, 0.2) is 24.4 Å². The Balaban J connectivity index is 2.61. The maximum absolute atomic E-state index is 13.9. The number of carbonyl (C=O) groups is 7. The summed E-state index contributed by atoms with van der Waals surface area (Å²) in [5.74, 6) is -9.35. The molecule has 0 saturated heterocycles. The number of benzene rings is 1. The summed E-state index contributed by atoms with van der Waals surface area (Å²) in [7, 11) is 0. The van der Waals surface area contributed by atoms with E-state index in [1.54, 1.807) is 51.1 Å². The van der Waals surface area contributed by atoms with Crippen molar-refractivity contribution < 1.29 is 71.8 Å². The van der Waals surface area contributed by atoms with Gasteiger partial charge in [0.05, 0.1) is 17.4 Å². The van der Waals surface area contributed by atoms with Crippen molar-refractivity contribution in [3.8, 4) is 0 Å². The Hall–Kier alpha value is -5.05. The molecule has 3 rings (SSSR count). The van der Waals surface area contributed by atoms with Gasteiger partial charge in [0.1, 0.15) is 23.4 Å². The van der Waals surface area contributed by atoms with Crippen LogP contribution in [0.25, 0.3) is 0 Å². The Morgan fingerprint density at radius 2 is 1.33 bits per heavy atom. The first-order chi connectivity index (χ1) is 26.4. The summed E-state index contributed by atoms with van der Waals surface area (Å²) >= 11 is 0. The molecular weight excluding hydrogens is 744 g/mol. The van der Waals surface area contributed by atoms with Gasteiger partial charge in [0.25, 0.3) is 0 Å². The van der Waals surface area contributed by atoms with Crippen LogP contribution < -0.4 is 0 Å². The van der Waals surface area contributed by atoms with Gasteiger partial charge in [-0.25, -0.2) is 4.79 Å². The number of rotatable bonds is 10. The van der Waals surface area contributed by atoms with Crippen LogP contribution >= 0.6 is 0 Å². The molecule has 0 aromatic heterocycles. The van der Waals surface area contributed by atoms with E-state index in [0.29, 0.717) is 0 Å². The lowest BCUT2D eigenvalue weighted by molar-refractivity contribution is -0.198. The summed E-state index contributed by atoms with van der Waals surface area (Å²) in [5, 5.41) is 13.4. The van der Waals surface area contributed by atoms with Gasteiger partial charge in [-0.1, -0.05) is 78.5 Å². The maximum atomic E-state index is 13.9. The first-order valence-electron chi connectivity index (χ1n) is 18.9. The van der Waals surface area contributed by atoms with Crippen LogP contribution in [0.5, 0.6) is 0 Å². The van der Waals surface area contributed by atoms with Crippen LogP contribution in [0.3, 0.4) is 0 Å². The summed E-state index contributed by atoms with van der Waals surface area (Å²) in [6.07, 6.45) is -7.52. The molecule has 2 aliphatic rings. The third-order valence-electron chi connectivity index (χ3n) is 10.1. The Bertz CT molecular complexity index is 1730. The number of carbonyl (C=O) groups excluding carboxylic acids is 7. The molecule has 0 aliphatic heterocycles. The number of aliphatic hydroxyl groups is 1. The molecule has 57 heavy (non-hydrogen) atoms. The van der Waals surface area contributed by atoms with Crippen LogP contribution in [0.4, 0.5) is 0 Å². The van der Waals surface area contributed by atoms with Crippen molar-refractivity contribution in [3.63, 3.8) is 0 Å². The molecule has 0 radical (unpaired) electrons. The highest BCUT2D eigenvalue weighted by Gasteiger charge is 2.70. The average molecular weight is 801 g/mol. The third-order valence-corrected chi connectivity index (χ3v) is 10.1. The number of ether oxygens (including phenoxy) is 7. The summed E-state index contributed by atoms with van der Waals surface area (Å²) < 4.78 is 41.7. The second-order valence-electron chi connectivity index (χ2n) is 15.8. The van der Waals surface area contributed by atoms with Crippen molar-refractivity contribution in [2.24, 2.45) is 23.2 Å². The molecule has 2 aliphatic carbocycles. The van der Waals surface area contributed by atoms with Crippen molar-refractivity contribution in [3.05, 3.63) is 60.2 Å². The summed E-state index contributed by atoms with van der Waals surface area (Å²) in [6.45, 7) is 19.5. The molecule has 1 aromatic rings. The lowest BCUT2D eigenvalue weighted by Gasteiger charge is -2.46. The van der Waals surface area contributed by atoms with Crippen LogP contribution in [-0.2, 0) is 61.9 Å². The van der Waals surface area contributed by atoms with Gasteiger partial charge in [-0.2, -0.15) is 0 Å². The van der Waals surface area contributed by atoms with E-state index in [0.717, 1.165) is 27.7 Å². The predicted octanol–water partition coefficient (Wildman–Crippen LogP) is 4.76. The standard InChI is InChI=1S/C42H56O15/c1-13-30(47)54-32-24(5)33(55-38(48)22(2)3)34(51-25(6)43)37(53-27(8)45)40(10,11)20-19-23(4)35(56-39(49)29-17-15-14-16-18-29)42(50)21-41(12,57-28(9)46)36(31(32)42)52-26(7)44/h14-20,22-23,31-37,50H,5,13,21H2,1-4,6-12H3/t23-,31-,32-,33-,34+,35-,36+,37+,41+,42+/m0/s1. The fraction of sp³-hybridized carbons (Fsp3) is 0.595. The topological polar surface area (TPSA) is 204 Å². The quantitative estimate of drug-likeness (QED) is 0.193. The van der Waals surface area contributed by atoms with Gasteiger partial charge >= 0.3 is 41.8 Å². The smallest absolute Gasteiger partial charge is 0.338 e. The van der Waals surface area contributed by atoms with Gasteiger partial charge in [-0.3, -0.25) is 28.8 Å². The zero-order chi connectivity index (χ0) is 43.2. The third kappa shape index (κ3) is 10.9. The SMILES string of the molecule is C=C1[C@H](OC(=O)C(C)C)[C@@H](OC(C)=O)[C@@H](OC(C)=O)C(C)(C)C=C[C@H](C)[C@H](OC(=O)c2ccccc2)[C@@]2(O)C[C@@](C)(OC(C)=O)[C@H](OC(C)=O)[C@@H]2[C@H]1OC(=O)CC. The molecule has 15 nitrogen and oxygen atoms in total. The van der Waals surface area contributed by atoms with Gasteiger partial charge in [0, 0.05) is 57.4 Å². The Labute approximate surface area is 333 Å². The molecule has 15 heteroatoms. The highest BCUT2D eigenvalue weighted by Crippen LogP contribution is 2.54. The van der Waals surface area contributed by atoms with E-state index in [9.17, 15) is 38.7 Å². The lowest BCUT2D eigenvalue weighted by Crippen LogP contribution is -2.60. The van der Waals surface area contributed by atoms with E-state index >= 15 is 0 Å². The molecule has 0 bridgehead atoms. The highest BCUT2D eigenvalue weighted by atomic mass is 16.6. The predicted molar refractivity (Wildman–Crippen MR) is 202 cm³/mol. The van der Waals surface area contributed by atoms with Crippen LogP contribution in [0.2, 0.25) is 0 Å². The summed E-state index contributed by atoms with van der Waals surface area (Å²) in [6, 6.07) is 7.92. The number of fused-ring (bicyclic) bond motifs is 1. The van der Waals surface area contributed by atoms with E-state index in [1.165, 1.54) is 39.8 Å².